The molecule has 52 valence electrons. The van der Waals surface area contributed by atoms with Crippen molar-refractivity contribution in [1.82, 2.24) is 10.4 Å². The van der Waals surface area contributed by atoms with Gasteiger partial charge in [-0.1, -0.05) is 0 Å². The average Bonchev–Trinajstić information content (AvgIpc) is 2.34. The molecule has 0 radical (unpaired) electrons. The predicted octanol–water partition coefficient (Wildman–Crippen LogP) is 0.980. The van der Waals surface area contributed by atoms with E-state index in [4.69, 9.17) is 0 Å². The quantitative estimate of drug-likeness (QED) is 0.526. The van der Waals surface area contributed by atoms with Gasteiger partial charge < -0.3 is 5.43 Å². The van der Waals surface area contributed by atoms with E-state index in [0.717, 1.165) is 0 Å². The highest BCUT2D eigenvalue weighted by atomic mass is 19.1. The van der Waals surface area contributed by atoms with E-state index in [1.807, 2.05) is 0 Å². The van der Waals surface area contributed by atoms with Gasteiger partial charge in [-0.25, -0.2) is 9.37 Å². The third kappa shape index (κ3) is 0.657. The zero-order valence-corrected chi connectivity index (χ0v) is 5.13. The number of hydrazine groups is 1. The molecule has 0 fully saturated rings. The molecule has 0 spiro atoms. The van der Waals surface area contributed by atoms with Crippen LogP contribution in [0, 0.1) is 0 Å². The van der Waals surface area contributed by atoms with E-state index in [1.54, 1.807) is 18.3 Å². The van der Waals surface area contributed by atoms with Crippen molar-refractivity contribution in [2.45, 2.75) is 6.30 Å². The van der Waals surface area contributed by atoms with Crippen molar-refractivity contribution in [3.05, 3.63) is 23.9 Å². The molecule has 4 heteroatoms. The topological polar surface area (TPSA) is 37.0 Å². The standard InChI is InChI=1S/C6H6FN3/c7-5-4-2-1-3-8-6(4)10-9-5/h1-3,5,9H,(H,8,10). The molecule has 10 heavy (non-hydrogen) atoms. The zero-order chi connectivity index (χ0) is 6.97. The molecule has 0 aliphatic carbocycles. The lowest BCUT2D eigenvalue weighted by Crippen LogP contribution is -2.14. The molecule has 1 aliphatic rings. The van der Waals surface area contributed by atoms with Gasteiger partial charge in [-0.2, -0.15) is 5.43 Å². The number of alkyl halides is 1. The Balaban J connectivity index is 2.51. The Morgan fingerprint density at radius 2 is 2.50 bits per heavy atom. The van der Waals surface area contributed by atoms with Gasteiger partial charge in [-0.3, -0.25) is 0 Å². The first-order chi connectivity index (χ1) is 4.88. The summed E-state index contributed by atoms with van der Waals surface area (Å²) in [6.07, 6.45) is 0.495. The van der Waals surface area contributed by atoms with E-state index in [9.17, 15) is 4.39 Å². The second-order valence-electron chi connectivity index (χ2n) is 2.07. The lowest BCUT2D eigenvalue weighted by molar-refractivity contribution is 0.314. The van der Waals surface area contributed by atoms with Crippen molar-refractivity contribution in [2.75, 3.05) is 5.43 Å². The summed E-state index contributed by atoms with van der Waals surface area (Å²) in [4.78, 5) is 3.90. The highest BCUT2D eigenvalue weighted by molar-refractivity contribution is 5.47. The fourth-order valence-corrected chi connectivity index (χ4v) is 0.936. The molecule has 1 aliphatic heterocycles. The van der Waals surface area contributed by atoms with Crippen LogP contribution in [-0.4, -0.2) is 4.98 Å². The van der Waals surface area contributed by atoms with E-state index in [1.165, 1.54) is 0 Å². The predicted molar refractivity (Wildman–Crippen MR) is 34.8 cm³/mol. The Morgan fingerprint density at radius 3 is 3.30 bits per heavy atom. The molecule has 0 amide bonds. The van der Waals surface area contributed by atoms with Crippen LogP contribution in [0.5, 0.6) is 0 Å². The highest BCUT2D eigenvalue weighted by Gasteiger charge is 2.20. The van der Waals surface area contributed by atoms with Gasteiger partial charge in [0, 0.05) is 11.8 Å². The molecule has 2 N–H and O–H groups in total. The maximum absolute atomic E-state index is 12.7. The third-order valence-electron chi connectivity index (χ3n) is 1.43. The van der Waals surface area contributed by atoms with Gasteiger partial charge in [-0.15, -0.1) is 0 Å². The molecule has 2 heterocycles. The number of nitrogens with zero attached hydrogens (tertiary/aromatic N) is 1. The van der Waals surface area contributed by atoms with Crippen molar-refractivity contribution < 1.29 is 4.39 Å². The van der Waals surface area contributed by atoms with Crippen LogP contribution in [0.4, 0.5) is 10.2 Å². The van der Waals surface area contributed by atoms with Crippen LogP contribution in [0.2, 0.25) is 0 Å². The summed E-state index contributed by atoms with van der Waals surface area (Å²) in [6.45, 7) is 0. The van der Waals surface area contributed by atoms with Gasteiger partial charge in [0.15, 0.2) is 6.30 Å². The Bertz CT molecular complexity index is 251. The van der Waals surface area contributed by atoms with Crippen molar-refractivity contribution in [2.24, 2.45) is 0 Å². The van der Waals surface area contributed by atoms with Gasteiger partial charge in [0.1, 0.15) is 5.82 Å². The molecule has 0 saturated carbocycles. The van der Waals surface area contributed by atoms with Gasteiger partial charge in [0.2, 0.25) is 0 Å². The van der Waals surface area contributed by atoms with E-state index >= 15 is 0 Å². The number of nitrogens with one attached hydrogen (secondary N) is 2. The Kier molecular flexibility index (Phi) is 1.07. The minimum absolute atomic E-state index is 0.572. The van der Waals surface area contributed by atoms with E-state index in [2.05, 4.69) is 15.8 Å². The number of hydrogen-bond acceptors (Lipinski definition) is 3. The number of halogens is 1. The SMILES string of the molecule is FC1NNc2ncccc21. The second kappa shape index (κ2) is 1.91. The molecular formula is C6H6FN3. The second-order valence-corrected chi connectivity index (χ2v) is 2.07. The average molecular weight is 139 g/mol. The van der Waals surface area contributed by atoms with Crippen molar-refractivity contribution in [1.29, 1.82) is 0 Å². The molecule has 1 aromatic rings. The third-order valence-corrected chi connectivity index (χ3v) is 1.43. The summed E-state index contributed by atoms with van der Waals surface area (Å²) in [7, 11) is 0. The normalized spacial score (nSPS) is 21.9. The lowest BCUT2D eigenvalue weighted by Gasteiger charge is -1.94. The van der Waals surface area contributed by atoms with E-state index < -0.39 is 6.30 Å². The van der Waals surface area contributed by atoms with Gasteiger partial charge in [0.25, 0.3) is 0 Å². The van der Waals surface area contributed by atoms with Crippen LogP contribution in [0.15, 0.2) is 18.3 Å². The first kappa shape index (κ1) is 5.61. The zero-order valence-electron chi connectivity index (χ0n) is 5.13. The van der Waals surface area contributed by atoms with E-state index in [0.29, 0.717) is 11.4 Å². The first-order valence-corrected chi connectivity index (χ1v) is 2.98. The molecular weight excluding hydrogens is 133 g/mol. The smallest absolute Gasteiger partial charge is 0.196 e. The summed E-state index contributed by atoms with van der Waals surface area (Å²) in [5, 5.41) is 0. The van der Waals surface area contributed by atoms with Gasteiger partial charge in [-0.05, 0) is 12.1 Å². The van der Waals surface area contributed by atoms with Crippen molar-refractivity contribution >= 4 is 5.82 Å². The van der Waals surface area contributed by atoms with Crippen LogP contribution in [0.3, 0.4) is 0 Å². The summed E-state index contributed by atoms with van der Waals surface area (Å²) < 4.78 is 12.7. The molecule has 0 aromatic carbocycles. The molecule has 0 saturated heterocycles. The van der Waals surface area contributed by atoms with Crippen LogP contribution in [0.1, 0.15) is 11.9 Å². The molecule has 0 bridgehead atoms. The number of pyridine rings is 1. The highest BCUT2D eigenvalue weighted by Crippen LogP contribution is 2.25. The Labute approximate surface area is 57.2 Å². The largest absolute Gasteiger partial charge is 0.303 e. The molecule has 2 rings (SSSR count). The maximum Gasteiger partial charge on any atom is 0.196 e. The van der Waals surface area contributed by atoms with Gasteiger partial charge in [0.05, 0.1) is 0 Å². The maximum atomic E-state index is 12.7. The summed E-state index contributed by atoms with van der Waals surface area (Å²) in [6, 6.07) is 3.40. The summed E-state index contributed by atoms with van der Waals surface area (Å²) in [5.74, 6) is 0.579. The Hall–Kier alpha value is -1.16. The minimum Gasteiger partial charge on any atom is -0.303 e. The Morgan fingerprint density at radius 1 is 1.60 bits per heavy atom. The number of anilines is 1. The molecule has 1 atom stereocenters. The summed E-state index contributed by atoms with van der Waals surface area (Å²) >= 11 is 0. The van der Waals surface area contributed by atoms with Crippen LogP contribution < -0.4 is 10.9 Å². The van der Waals surface area contributed by atoms with Crippen molar-refractivity contribution in [3.8, 4) is 0 Å². The first-order valence-electron chi connectivity index (χ1n) is 2.98. The van der Waals surface area contributed by atoms with E-state index in [-0.39, 0.29) is 0 Å². The molecule has 3 nitrogen and oxygen atoms in total. The van der Waals surface area contributed by atoms with Crippen LogP contribution >= 0.6 is 0 Å². The number of fused-ring (bicyclic) bond motifs is 1. The fourth-order valence-electron chi connectivity index (χ4n) is 0.936. The monoisotopic (exact) mass is 139 g/mol. The number of aromatic nitrogens is 1. The summed E-state index contributed by atoms with van der Waals surface area (Å²) in [5.41, 5.74) is 5.59. The minimum atomic E-state index is -1.12. The molecule has 1 unspecified atom stereocenters. The molecule has 1 aromatic heterocycles. The van der Waals surface area contributed by atoms with Crippen LogP contribution in [0.25, 0.3) is 0 Å². The number of hydrogen-bond donors (Lipinski definition) is 2. The fraction of sp³-hybridized carbons (Fsp3) is 0.167. The van der Waals surface area contributed by atoms with Crippen LogP contribution in [-0.2, 0) is 0 Å². The van der Waals surface area contributed by atoms with Gasteiger partial charge >= 0.3 is 0 Å². The van der Waals surface area contributed by atoms with Crippen molar-refractivity contribution in [3.63, 3.8) is 0 Å². The number of rotatable bonds is 0. The lowest BCUT2D eigenvalue weighted by atomic mass is 10.2.